The molecule has 126 valence electrons. The summed E-state index contributed by atoms with van der Waals surface area (Å²) in [7, 11) is 1.79. The summed E-state index contributed by atoms with van der Waals surface area (Å²) in [5.41, 5.74) is 2.01. The van der Waals surface area contributed by atoms with Gasteiger partial charge in [-0.2, -0.15) is 0 Å². The standard InChI is InChI=1S/C20H24N2O2/c1-3-13-12-22-9-7-14(13)10-19(22)20(24-2)16-6-8-21-18-5-4-15(23)11-17(16)18/h3-6,8,11,13-14,19-20,23H,1,7,9-10,12H2,2H3/t13?,14?,19?,20-/m0/s1. The van der Waals surface area contributed by atoms with E-state index in [1.807, 2.05) is 18.3 Å². The van der Waals surface area contributed by atoms with Gasteiger partial charge in [0.2, 0.25) is 0 Å². The topological polar surface area (TPSA) is 45.6 Å². The van der Waals surface area contributed by atoms with Gasteiger partial charge in [-0.1, -0.05) is 6.08 Å². The van der Waals surface area contributed by atoms with Crippen molar-refractivity contribution in [3.63, 3.8) is 0 Å². The quantitative estimate of drug-likeness (QED) is 0.874. The van der Waals surface area contributed by atoms with Gasteiger partial charge in [-0.05, 0) is 61.1 Å². The summed E-state index contributed by atoms with van der Waals surface area (Å²) >= 11 is 0. The SMILES string of the molecule is C=CC1CN2CCC1CC2[C@@H](OC)c1ccnc2ccc(O)cc12. The summed E-state index contributed by atoms with van der Waals surface area (Å²) < 4.78 is 5.97. The molecule has 4 heterocycles. The number of rotatable bonds is 4. The first-order valence-corrected chi connectivity index (χ1v) is 8.68. The van der Waals surface area contributed by atoms with Crippen LogP contribution in [-0.4, -0.2) is 41.2 Å². The number of aromatic nitrogens is 1. The number of phenolic OH excluding ortho intramolecular Hbond substituents is 1. The highest BCUT2D eigenvalue weighted by molar-refractivity contribution is 5.83. The van der Waals surface area contributed by atoms with Gasteiger partial charge < -0.3 is 9.84 Å². The maximum atomic E-state index is 9.90. The highest BCUT2D eigenvalue weighted by Crippen LogP contribution is 2.43. The minimum absolute atomic E-state index is 0.00846. The molecule has 1 N–H and O–H groups in total. The molecular weight excluding hydrogens is 300 g/mol. The van der Waals surface area contributed by atoms with Crippen molar-refractivity contribution in [2.24, 2.45) is 11.8 Å². The molecular formula is C20H24N2O2. The van der Waals surface area contributed by atoms with Gasteiger partial charge in [-0.15, -0.1) is 6.58 Å². The highest BCUT2D eigenvalue weighted by Gasteiger charge is 2.42. The van der Waals surface area contributed by atoms with Gasteiger partial charge in [0.1, 0.15) is 5.75 Å². The van der Waals surface area contributed by atoms with E-state index < -0.39 is 0 Å². The highest BCUT2D eigenvalue weighted by atomic mass is 16.5. The summed E-state index contributed by atoms with van der Waals surface area (Å²) in [4.78, 5) is 6.98. The van der Waals surface area contributed by atoms with Gasteiger partial charge >= 0.3 is 0 Å². The van der Waals surface area contributed by atoms with Crippen LogP contribution in [0.3, 0.4) is 0 Å². The van der Waals surface area contributed by atoms with Gasteiger partial charge in [-0.25, -0.2) is 0 Å². The molecule has 3 fully saturated rings. The second-order valence-corrected chi connectivity index (χ2v) is 7.00. The molecule has 4 nitrogen and oxygen atoms in total. The Kier molecular flexibility index (Phi) is 4.02. The first-order valence-electron chi connectivity index (χ1n) is 8.68. The molecule has 1 aromatic carbocycles. The van der Waals surface area contributed by atoms with E-state index in [9.17, 15) is 5.11 Å². The molecule has 2 bridgehead atoms. The average Bonchev–Trinajstić information content (AvgIpc) is 2.63. The lowest BCUT2D eigenvalue weighted by Crippen LogP contribution is -2.55. The molecule has 0 saturated carbocycles. The van der Waals surface area contributed by atoms with Crippen molar-refractivity contribution in [1.29, 1.82) is 0 Å². The fourth-order valence-electron chi connectivity index (χ4n) is 4.59. The molecule has 3 aliphatic rings. The van der Waals surface area contributed by atoms with Crippen LogP contribution in [0.25, 0.3) is 10.9 Å². The molecule has 0 radical (unpaired) electrons. The normalized spacial score (nSPS) is 30.4. The van der Waals surface area contributed by atoms with Crippen molar-refractivity contribution in [3.05, 3.63) is 48.7 Å². The molecule has 2 aromatic rings. The second-order valence-electron chi connectivity index (χ2n) is 7.00. The van der Waals surface area contributed by atoms with Crippen LogP contribution in [0.4, 0.5) is 0 Å². The fourth-order valence-corrected chi connectivity index (χ4v) is 4.59. The smallest absolute Gasteiger partial charge is 0.116 e. The summed E-state index contributed by atoms with van der Waals surface area (Å²) in [6.07, 6.45) is 6.34. The van der Waals surface area contributed by atoms with Crippen molar-refractivity contribution in [2.45, 2.75) is 25.0 Å². The predicted octanol–water partition coefficient (Wildman–Crippen LogP) is 3.52. The lowest BCUT2D eigenvalue weighted by Gasteiger charge is -2.51. The Morgan fingerprint density at radius 2 is 2.29 bits per heavy atom. The zero-order valence-electron chi connectivity index (χ0n) is 14.1. The average molecular weight is 324 g/mol. The fraction of sp³-hybridized carbons (Fsp3) is 0.450. The summed E-state index contributed by atoms with van der Waals surface area (Å²) in [5.74, 6) is 1.58. The van der Waals surface area contributed by atoms with Gasteiger partial charge in [0, 0.05) is 31.3 Å². The monoisotopic (exact) mass is 324 g/mol. The Balaban J connectivity index is 1.72. The Hall–Kier alpha value is -1.91. The van der Waals surface area contributed by atoms with E-state index in [0.29, 0.717) is 17.9 Å². The van der Waals surface area contributed by atoms with E-state index >= 15 is 0 Å². The van der Waals surface area contributed by atoms with E-state index in [-0.39, 0.29) is 11.9 Å². The molecule has 0 spiro atoms. The Labute approximate surface area is 142 Å². The molecule has 24 heavy (non-hydrogen) atoms. The Bertz CT molecular complexity index is 760. The van der Waals surface area contributed by atoms with Crippen LogP contribution in [-0.2, 0) is 4.74 Å². The van der Waals surface area contributed by atoms with E-state index in [1.54, 1.807) is 19.2 Å². The Morgan fingerprint density at radius 1 is 1.42 bits per heavy atom. The number of benzene rings is 1. The van der Waals surface area contributed by atoms with Crippen LogP contribution in [0, 0.1) is 11.8 Å². The predicted molar refractivity (Wildman–Crippen MR) is 94.9 cm³/mol. The maximum absolute atomic E-state index is 9.90. The third kappa shape index (κ3) is 2.50. The third-order valence-electron chi connectivity index (χ3n) is 5.82. The largest absolute Gasteiger partial charge is 0.508 e. The van der Waals surface area contributed by atoms with Crippen molar-refractivity contribution in [1.82, 2.24) is 9.88 Å². The second kappa shape index (κ2) is 6.19. The number of piperidine rings is 3. The van der Waals surface area contributed by atoms with E-state index in [4.69, 9.17) is 4.74 Å². The van der Waals surface area contributed by atoms with E-state index in [0.717, 1.165) is 36.0 Å². The number of hydrogen-bond acceptors (Lipinski definition) is 4. The molecule has 4 heteroatoms. The number of ether oxygens (including phenoxy) is 1. The van der Waals surface area contributed by atoms with Crippen LogP contribution in [0.1, 0.15) is 24.5 Å². The van der Waals surface area contributed by atoms with Crippen LogP contribution in [0.15, 0.2) is 43.1 Å². The van der Waals surface area contributed by atoms with E-state index in [1.165, 1.54) is 6.42 Å². The van der Waals surface area contributed by atoms with Crippen molar-refractivity contribution < 1.29 is 9.84 Å². The van der Waals surface area contributed by atoms with E-state index in [2.05, 4.69) is 22.5 Å². The first-order chi connectivity index (χ1) is 11.7. The zero-order valence-corrected chi connectivity index (χ0v) is 14.1. The molecule has 5 atom stereocenters. The maximum Gasteiger partial charge on any atom is 0.116 e. The molecule has 4 unspecified atom stereocenters. The van der Waals surface area contributed by atoms with Crippen LogP contribution >= 0.6 is 0 Å². The lowest BCUT2D eigenvalue weighted by molar-refractivity contribution is -0.0601. The molecule has 0 amide bonds. The number of hydrogen-bond donors (Lipinski definition) is 1. The number of nitrogens with zero attached hydrogens (tertiary/aromatic N) is 2. The number of methoxy groups -OCH3 is 1. The zero-order chi connectivity index (χ0) is 16.7. The van der Waals surface area contributed by atoms with Crippen LogP contribution in [0.5, 0.6) is 5.75 Å². The molecule has 3 aliphatic heterocycles. The number of fused-ring (bicyclic) bond motifs is 4. The number of phenols is 1. The number of aromatic hydroxyl groups is 1. The number of pyridine rings is 1. The summed E-state index contributed by atoms with van der Waals surface area (Å²) in [6.45, 7) is 6.22. The van der Waals surface area contributed by atoms with Crippen molar-refractivity contribution in [2.75, 3.05) is 20.2 Å². The first kappa shape index (κ1) is 15.6. The van der Waals surface area contributed by atoms with Gasteiger partial charge in [0.25, 0.3) is 0 Å². The summed E-state index contributed by atoms with van der Waals surface area (Å²) in [5, 5.41) is 10.9. The van der Waals surface area contributed by atoms with Crippen molar-refractivity contribution in [3.8, 4) is 5.75 Å². The molecule has 1 aromatic heterocycles. The molecule has 0 aliphatic carbocycles. The third-order valence-corrected chi connectivity index (χ3v) is 5.82. The van der Waals surface area contributed by atoms with Crippen LogP contribution in [0.2, 0.25) is 0 Å². The van der Waals surface area contributed by atoms with Gasteiger partial charge in [0.05, 0.1) is 11.6 Å². The van der Waals surface area contributed by atoms with Gasteiger partial charge in [0.15, 0.2) is 0 Å². The summed E-state index contributed by atoms with van der Waals surface area (Å²) in [6, 6.07) is 7.75. The lowest BCUT2D eigenvalue weighted by atomic mass is 9.73. The van der Waals surface area contributed by atoms with Crippen molar-refractivity contribution >= 4 is 10.9 Å². The van der Waals surface area contributed by atoms with Crippen LogP contribution < -0.4 is 0 Å². The minimum atomic E-state index is -0.00846. The minimum Gasteiger partial charge on any atom is -0.508 e. The van der Waals surface area contributed by atoms with Gasteiger partial charge in [-0.3, -0.25) is 9.88 Å². The Morgan fingerprint density at radius 3 is 3.00 bits per heavy atom. The molecule has 5 rings (SSSR count). The molecule has 3 saturated heterocycles.